The summed E-state index contributed by atoms with van der Waals surface area (Å²) in [5.74, 6) is -2.47. The first-order chi connectivity index (χ1) is 16.2. The Hall–Kier alpha value is -2.99. The highest BCUT2D eigenvalue weighted by atomic mass is 16.5. The lowest BCUT2D eigenvalue weighted by Crippen LogP contribution is -2.56. The first-order valence-corrected chi connectivity index (χ1v) is 11.3. The Morgan fingerprint density at radius 3 is 1.97 bits per heavy atom. The standard InChI is InChI=1S/C22H33N3O9/c1-4-10-23-20(30)24(11-14(26)5-2)22(32)25(21(23)31)12-15(27)13-34-19(29)17-9-7-6-8-16(17)18(28)33-3/h4,14-17,26-27H,1,5-13H2,2-3H3. The summed E-state index contributed by atoms with van der Waals surface area (Å²) >= 11 is 0. The van der Waals surface area contributed by atoms with Crippen molar-refractivity contribution >= 4 is 11.9 Å². The van der Waals surface area contributed by atoms with E-state index in [1.54, 1.807) is 6.92 Å². The van der Waals surface area contributed by atoms with E-state index in [0.717, 1.165) is 22.0 Å². The molecule has 1 fully saturated rings. The first kappa shape index (κ1) is 27.3. The molecule has 190 valence electrons. The van der Waals surface area contributed by atoms with Crippen molar-refractivity contribution in [2.24, 2.45) is 11.8 Å². The molecular formula is C22H33N3O9. The van der Waals surface area contributed by atoms with Crippen LogP contribution in [0.25, 0.3) is 0 Å². The molecule has 1 aliphatic carbocycles. The van der Waals surface area contributed by atoms with Gasteiger partial charge in [-0.1, -0.05) is 25.8 Å². The largest absolute Gasteiger partial charge is 0.469 e. The van der Waals surface area contributed by atoms with Crippen molar-refractivity contribution in [2.75, 3.05) is 13.7 Å². The van der Waals surface area contributed by atoms with Gasteiger partial charge in [0, 0.05) is 0 Å². The Bertz CT molecular complexity index is 1060. The summed E-state index contributed by atoms with van der Waals surface area (Å²) in [4.78, 5) is 62.6. The van der Waals surface area contributed by atoms with E-state index in [-0.39, 0.29) is 19.5 Å². The van der Waals surface area contributed by atoms with E-state index >= 15 is 0 Å². The molecule has 34 heavy (non-hydrogen) atoms. The number of hydrogen-bond donors (Lipinski definition) is 2. The number of ether oxygens (including phenoxy) is 2. The number of methoxy groups -OCH3 is 1. The van der Waals surface area contributed by atoms with Gasteiger partial charge in [0.25, 0.3) is 0 Å². The second-order valence-corrected chi connectivity index (χ2v) is 8.33. The molecule has 1 aromatic rings. The number of hydrogen-bond acceptors (Lipinski definition) is 9. The van der Waals surface area contributed by atoms with E-state index in [4.69, 9.17) is 9.47 Å². The normalized spacial score (nSPS) is 19.8. The van der Waals surface area contributed by atoms with E-state index in [2.05, 4.69) is 6.58 Å². The van der Waals surface area contributed by atoms with Gasteiger partial charge < -0.3 is 19.7 Å². The summed E-state index contributed by atoms with van der Waals surface area (Å²) in [6.45, 7) is 3.59. The summed E-state index contributed by atoms with van der Waals surface area (Å²) in [5.41, 5.74) is -2.85. The van der Waals surface area contributed by atoms with Gasteiger partial charge in [0.1, 0.15) is 12.7 Å². The number of aromatic nitrogens is 3. The van der Waals surface area contributed by atoms with Crippen LogP contribution in [0.2, 0.25) is 0 Å². The molecular weight excluding hydrogens is 450 g/mol. The second-order valence-electron chi connectivity index (χ2n) is 8.33. The maximum atomic E-state index is 12.8. The average molecular weight is 484 g/mol. The van der Waals surface area contributed by atoms with Gasteiger partial charge in [-0.3, -0.25) is 9.59 Å². The maximum Gasteiger partial charge on any atom is 0.336 e. The number of nitrogens with zero attached hydrogens (tertiary/aromatic N) is 3. The van der Waals surface area contributed by atoms with Crippen LogP contribution in [0.5, 0.6) is 0 Å². The molecule has 0 saturated heterocycles. The van der Waals surface area contributed by atoms with Crippen molar-refractivity contribution in [3.05, 3.63) is 44.1 Å². The van der Waals surface area contributed by atoms with Crippen LogP contribution in [-0.2, 0) is 38.7 Å². The van der Waals surface area contributed by atoms with Crippen LogP contribution in [0.4, 0.5) is 0 Å². The molecule has 0 aliphatic heterocycles. The monoisotopic (exact) mass is 483 g/mol. The van der Waals surface area contributed by atoms with Gasteiger partial charge in [-0.05, 0) is 19.3 Å². The van der Waals surface area contributed by atoms with E-state index in [1.807, 2.05) is 0 Å². The summed E-state index contributed by atoms with van der Waals surface area (Å²) in [5, 5.41) is 20.3. The number of rotatable bonds is 11. The fourth-order valence-corrected chi connectivity index (χ4v) is 4.02. The number of carbonyl (C=O) groups excluding carboxylic acids is 2. The summed E-state index contributed by atoms with van der Waals surface area (Å²) in [7, 11) is 1.25. The molecule has 0 spiro atoms. The summed E-state index contributed by atoms with van der Waals surface area (Å²) < 4.78 is 12.1. The minimum atomic E-state index is -1.44. The van der Waals surface area contributed by atoms with Crippen molar-refractivity contribution in [3.8, 4) is 0 Å². The van der Waals surface area contributed by atoms with Gasteiger partial charge in [-0.2, -0.15) is 0 Å². The molecule has 2 rings (SSSR count). The molecule has 12 nitrogen and oxygen atoms in total. The highest BCUT2D eigenvalue weighted by Gasteiger charge is 2.37. The fraction of sp³-hybridized carbons (Fsp3) is 0.682. The molecule has 1 aliphatic rings. The van der Waals surface area contributed by atoms with Crippen LogP contribution in [0.1, 0.15) is 39.0 Å². The van der Waals surface area contributed by atoms with Crippen molar-refractivity contribution in [3.63, 3.8) is 0 Å². The zero-order valence-corrected chi connectivity index (χ0v) is 19.6. The number of esters is 2. The zero-order valence-electron chi connectivity index (χ0n) is 19.6. The van der Waals surface area contributed by atoms with Gasteiger partial charge in [0.05, 0.1) is 44.7 Å². The van der Waals surface area contributed by atoms with Crippen molar-refractivity contribution in [2.45, 2.75) is 70.9 Å². The smallest absolute Gasteiger partial charge is 0.336 e. The summed E-state index contributed by atoms with van der Waals surface area (Å²) in [6, 6.07) is 0. The lowest BCUT2D eigenvalue weighted by atomic mass is 9.79. The topological polar surface area (TPSA) is 159 Å². The van der Waals surface area contributed by atoms with Crippen LogP contribution in [0, 0.1) is 11.8 Å². The van der Waals surface area contributed by atoms with Crippen LogP contribution in [-0.4, -0.2) is 61.8 Å². The fourth-order valence-electron chi connectivity index (χ4n) is 4.02. The molecule has 1 aromatic heterocycles. The number of aliphatic hydroxyl groups excluding tert-OH is 2. The highest BCUT2D eigenvalue weighted by molar-refractivity contribution is 5.82. The Balaban J connectivity index is 2.20. The Morgan fingerprint density at radius 2 is 1.47 bits per heavy atom. The Kier molecular flexibility index (Phi) is 9.99. The predicted octanol–water partition coefficient (Wildman–Crippen LogP) is -0.988. The molecule has 1 heterocycles. The third-order valence-corrected chi connectivity index (χ3v) is 5.95. The van der Waals surface area contributed by atoms with Crippen LogP contribution in [0.15, 0.2) is 27.0 Å². The predicted molar refractivity (Wildman–Crippen MR) is 120 cm³/mol. The molecule has 0 amide bonds. The van der Waals surface area contributed by atoms with Crippen LogP contribution >= 0.6 is 0 Å². The molecule has 4 unspecified atom stereocenters. The zero-order chi connectivity index (χ0) is 25.4. The maximum absolute atomic E-state index is 12.8. The number of aliphatic hydroxyl groups is 2. The van der Waals surface area contributed by atoms with E-state index < -0.39 is 66.2 Å². The van der Waals surface area contributed by atoms with E-state index in [1.165, 1.54) is 13.2 Å². The number of carbonyl (C=O) groups is 2. The number of allylic oxidation sites excluding steroid dienone is 1. The Labute approximate surface area is 196 Å². The minimum absolute atomic E-state index is 0.179. The van der Waals surface area contributed by atoms with Gasteiger partial charge in [-0.25, -0.2) is 28.1 Å². The van der Waals surface area contributed by atoms with Crippen molar-refractivity contribution in [1.29, 1.82) is 0 Å². The van der Waals surface area contributed by atoms with Gasteiger partial charge in [-0.15, -0.1) is 6.58 Å². The molecule has 4 atom stereocenters. The molecule has 0 aromatic carbocycles. The highest BCUT2D eigenvalue weighted by Crippen LogP contribution is 2.31. The van der Waals surface area contributed by atoms with Gasteiger partial charge in [0.2, 0.25) is 0 Å². The second kappa shape index (κ2) is 12.5. The minimum Gasteiger partial charge on any atom is -0.469 e. The van der Waals surface area contributed by atoms with Crippen LogP contribution < -0.4 is 17.1 Å². The van der Waals surface area contributed by atoms with Crippen molar-refractivity contribution < 1.29 is 29.3 Å². The SMILES string of the molecule is C=CCn1c(=O)n(CC(O)CC)c(=O)n(CC(O)COC(=O)C2CCCCC2C(=O)OC)c1=O. The molecule has 2 N–H and O–H groups in total. The quantitative estimate of drug-likeness (QED) is 0.298. The van der Waals surface area contributed by atoms with E-state index in [0.29, 0.717) is 17.4 Å². The van der Waals surface area contributed by atoms with E-state index in [9.17, 15) is 34.2 Å². The van der Waals surface area contributed by atoms with Crippen LogP contribution in [0.3, 0.4) is 0 Å². The lowest BCUT2D eigenvalue weighted by molar-refractivity contribution is -0.163. The van der Waals surface area contributed by atoms with Gasteiger partial charge in [0.15, 0.2) is 0 Å². The summed E-state index contributed by atoms with van der Waals surface area (Å²) in [6.07, 6.45) is 1.64. The lowest BCUT2D eigenvalue weighted by Gasteiger charge is -2.28. The first-order valence-electron chi connectivity index (χ1n) is 11.3. The van der Waals surface area contributed by atoms with Gasteiger partial charge >= 0.3 is 29.0 Å². The third-order valence-electron chi connectivity index (χ3n) is 5.95. The molecule has 1 saturated carbocycles. The van der Waals surface area contributed by atoms with Crippen molar-refractivity contribution in [1.82, 2.24) is 13.7 Å². The third kappa shape index (κ3) is 6.32. The molecule has 0 radical (unpaired) electrons. The Morgan fingerprint density at radius 1 is 0.971 bits per heavy atom. The molecule has 12 heteroatoms. The average Bonchev–Trinajstić information content (AvgIpc) is 2.84. The molecule has 0 bridgehead atoms.